The number of nitrogens with zero attached hydrogens (tertiary/aromatic N) is 1. The smallest absolute Gasteiger partial charge is 0.266 e. The van der Waals surface area contributed by atoms with Crippen LogP contribution in [0.15, 0.2) is 52.7 Å². The Morgan fingerprint density at radius 3 is 2.90 bits per heavy atom. The molecule has 1 aromatic heterocycles. The molecule has 1 aromatic carbocycles. The number of hydrogen-bond donors (Lipinski definition) is 1. The van der Waals surface area contributed by atoms with Gasteiger partial charge >= 0.3 is 0 Å². The lowest BCUT2D eigenvalue weighted by Crippen LogP contribution is -2.13. The van der Waals surface area contributed by atoms with Gasteiger partial charge in [-0.15, -0.1) is 0 Å². The van der Waals surface area contributed by atoms with Crippen LogP contribution in [0.4, 0.5) is 5.69 Å². The number of amides is 1. The summed E-state index contributed by atoms with van der Waals surface area (Å²) in [7, 11) is 1.54. The molecule has 0 bridgehead atoms. The number of benzene rings is 1. The van der Waals surface area contributed by atoms with E-state index in [4.69, 9.17) is 14.4 Å². The predicted molar refractivity (Wildman–Crippen MR) is 73.9 cm³/mol. The van der Waals surface area contributed by atoms with Crippen LogP contribution in [0.2, 0.25) is 0 Å². The van der Waals surface area contributed by atoms with Crippen LogP contribution >= 0.6 is 0 Å². The number of nitriles is 1. The maximum absolute atomic E-state index is 12.0. The SMILES string of the molecule is COc1cccc(NC(=O)/C(C#N)=C/c2ccco2)c1. The zero-order valence-corrected chi connectivity index (χ0v) is 10.8. The van der Waals surface area contributed by atoms with Gasteiger partial charge < -0.3 is 14.5 Å². The molecule has 0 atom stereocenters. The number of nitrogens with one attached hydrogen (secondary N) is 1. The van der Waals surface area contributed by atoms with Crippen molar-refractivity contribution in [2.75, 3.05) is 12.4 Å². The van der Waals surface area contributed by atoms with Gasteiger partial charge in [0.1, 0.15) is 23.2 Å². The fourth-order valence-corrected chi connectivity index (χ4v) is 1.56. The number of methoxy groups -OCH3 is 1. The van der Waals surface area contributed by atoms with Crippen LogP contribution < -0.4 is 10.1 Å². The van der Waals surface area contributed by atoms with Gasteiger partial charge in [0.25, 0.3) is 5.91 Å². The van der Waals surface area contributed by atoms with Gasteiger partial charge in [0.2, 0.25) is 0 Å². The summed E-state index contributed by atoms with van der Waals surface area (Å²) in [6, 6.07) is 12.1. The van der Waals surface area contributed by atoms with Gasteiger partial charge in [-0.1, -0.05) is 6.07 Å². The van der Waals surface area contributed by atoms with Gasteiger partial charge in [0.05, 0.1) is 13.4 Å². The molecule has 0 saturated heterocycles. The molecule has 5 heteroatoms. The summed E-state index contributed by atoms with van der Waals surface area (Å²) in [5, 5.41) is 11.7. The highest BCUT2D eigenvalue weighted by Gasteiger charge is 2.10. The molecule has 0 radical (unpaired) electrons. The molecule has 0 saturated carbocycles. The van der Waals surface area contributed by atoms with E-state index in [1.807, 2.05) is 6.07 Å². The van der Waals surface area contributed by atoms with Crippen molar-refractivity contribution in [2.45, 2.75) is 0 Å². The largest absolute Gasteiger partial charge is 0.497 e. The average Bonchev–Trinajstić information content (AvgIpc) is 2.97. The number of ether oxygens (including phenoxy) is 1. The van der Waals surface area contributed by atoms with Crippen molar-refractivity contribution in [1.29, 1.82) is 5.26 Å². The molecule has 1 heterocycles. The summed E-state index contributed by atoms with van der Waals surface area (Å²) in [6.07, 6.45) is 2.86. The minimum Gasteiger partial charge on any atom is -0.497 e. The van der Waals surface area contributed by atoms with E-state index in [1.165, 1.54) is 12.3 Å². The first-order valence-electron chi connectivity index (χ1n) is 5.83. The molecule has 2 rings (SSSR count). The Labute approximate surface area is 116 Å². The van der Waals surface area contributed by atoms with Crippen LogP contribution in [0.5, 0.6) is 5.75 Å². The van der Waals surface area contributed by atoms with Crippen molar-refractivity contribution >= 4 is 17.7 Å². The van der Waals surface area contributed by atoms with E-state index in [0.29, 0.717) is 17.2 Å². The van der Waals surface area contributed by atoms with E-state index in [9.17, 15) is 4.79 Å². The number of hydrogen-bond acceptors (Lipinski definition) is 4. The highest BCUT2D eigenvalue weighted by molar-refractivity contribution is 6.09. The van der Waals surface area contributed by atoms with Crippen LogP contribution in [0.3, 0.4) is 0 Å². The number of carbonyl (C=O) groups is 1. The highest BCUT2D eigenvalue weighted by atomic mass is 16.5. The topological polar surface area (TPSA) is 75.3 Å². The Hall–Kier alpha value is -3.00. The van der Waals surface area contributed by atoms with E-state index in [2.05, 4.69) is 5.32 Å². The lowest BCUT2D eigenvalue weighted by atomic mass is 10.2. The molecule has 0 spiro atoms. The molecule has 1 N–H and O–H groups in total. The van der Waals surface area contributed by atoms with Crippen molar-refractivity contribution in [2.24, 2.45) is 0 Å². The molecule has 0 aliphatic heterocycles. The minimum atomic E-state index is -0.503. The third-order valence-corrected chi connectivity index (χ3v) is 2.52. The predicted octanol–water partition coefficient (Wildman–Crippen LogP) is 2.83. The van der Waals surface area contributed by atoms with Gasteiger partial charge in [-0.3, -0.25) is 4.79 Å². The second-order valence-electron chi connectivity index (χ2n) is 3.87. The zero-order valence-electron chi connectivity index (χ0n) is 10.8. The first-order valence-corrected chi connectivity index (χ1v) is 5.83. The lowest BCUT2D eigenvalue weighted by molar-refractivity contribution is -0.112. The van der Waals surface area contributed by atoms with Gasteiger partial charge in [-0.05, 0) is 24.3 Å². The van der Waals surface area contributed by atoms with Crippen molar-refractivity contribution in [3.05, 3.63) is 54.0 Å². The van der Waals surface area contributed by atoms with Crippen LogP contribution in [0.1, 0.15) is 5.76 Å². The molecule has 100 valence electrons. The zero-order chi connectivity index (χ0) is 14.4. The Morgan fingerprint density at radius 2 is 2.25 bits per heavy atom. The average molecular weight is 268 g/mol. The van der Waals surface area contributed by atoms with Gasteiger partial charge in [-0.2, -0.15) is 5.26 Å². The second-order valence-corrected chi connectivity index (χ2v) is 3.87. The molecular formula is C15H12N2O3. The quantitative estimate of drug-likeness (QED) is 0.683. The minimum absolute atomic E-state index is 0.0391. The monoisotopic (exact) mass is 268 g/mol. The molecule has 1 amide bonds. The summed E-state index contributed by atoms with van der Waals surface area (Å²) in [4.78, 5) is 12.0. The highest BCUT2D eigenvalue weighted by Crippen LogP contribution is 2.17. The maximum atomic E-state index is 12.0. The normalized spacial score (nSPS) is 10.7. The van der Waals surface area contributed by atoms with E-state index >= 15 is 0 Å². The van der Waals surface area contributed by atoms with Gasteiger partial charge in [0, 0.05) is 17.8 Å². The maximum Gasteiger partial charge on any atom is 0.266 e. The molecule has 0 aliphatic carbocycles. The number of rotatable bonds is 4. The first kappa shape index (κ1) is 13.4. The summed E-state index contributed by atoms with van der Waals surface area (Å²) in [6.45, 7) is 0. The molecule has 0 fully saturated rings. The van der Waals surface area contributed by atoms with Crippen LogP contribution in [-0.4, -0.2) is 13.0 Å². The second kappa shape index (κ2) is 6.25. The lowest BCUT2D eigenvalue weighted by Gasteiger charge is -2.06. The van der Waals surface area contributed by atoms with E-state index in [0.717, 1.165) is 0 Å². The molecule has 0 unspecified atom stereocenters. The van der Waals surface area contributed by atoms with Crippen LogP contribution in [-0.2, 0) is 4.79 Å². The Bertz CT molecular complexity index is 667. The molecule has 20 heavy (non-hydrogen) atoms. The van der Waals surface area contributed by atoms with Crippen LogP contribution in [0, 0.1) is 11.3 Å². The van der Waals surface area contributed by atoms with Crippen molar-refractivity contribution in [3.8, 4) is 11.8 Å². The third-order valence-electron chi connectivity index (χ3n) is 2.52. The third kappa shape index (κ3) is 3.27. The Morgan fingerprint density at radius 1 is 1.40 bits per heavy atom. The molecule has 5 nitrogen and oxygen atoms in total. The number of carbonyl (C=O) groups excluding carboxylic acids is 1. The fraction of sp³-hybridized carbons (Fsp3) is 0.0667. The van der Waals surface area contributed by atoms with Crippen molar-refractivity contribution < 1.29 is 13.9 Å². The van der Waals surface area contributed by atoms with E-state index in [-0.39, 0.29) is 5.57 Å². The number of furan rings is 1. The van der Waals surface area contributed by atoms with Gasteiger partial charge in [0.15, 0.2) is 0 Å². The van der Waals surface area contributed by atoms with Gasteiger partial charge in [-0.25, -0.2) is 0 Å². The standard InChI is InChI=1S/C15H12N2O3/c1-19-13-5-2-4-12(9-13)17-15(18)11(10-16)8-14-6-3-7-20-14/h2-9H,1H3,(H,17,18)/b11-8+. The van der Waals surface area contributed by atoms with Crippen molar-refractivity contribution in [1.82, 2.24) is 0 Å². The molecular weight excluding hydrogens is 256 g/mol. The van der Waals surface area contributed by atoms with Crippen molar-refractivity contribution in [3.63, 3.8) is 0 Å². The first-order chi connectivity index (χ1) is 9.72. The van der Waals surface area contributed by atoms with Crippen LogP contribution in [0.25, 0.3) is 6.08 Å². The summed E-state index contributed by atoms with van der Waals surface area (Å²) >= 11 is 0. The molecule has 2 aromatic rings. The Balaban J connectivity index is 2.16. The Kier molecular flexibility index (Phi) is 4.20. The molecule has 0 aliphatic rings. The summed E-state index contributed by atoms with van der Waals surface area (Å²) < 4.78 is 10.1. The fourth-order valence-electron chi connectivity index (χ4n) is 1.56. The van der Waals surface area contributed by atoms with E-state index < -0.39 is 5.91 Å². The number of anilines is 1. The summed E-state index contributed by atoms with van der Waals surface area (Å²) in [5.74, 6) is 0.566. The van der Waals surface area contributed by atoms with E-state index in [1.54, 1.807) is 43.5 Å². The summed E-state index contributed by atoms with van der Waals surface area (Å²) in [5.41, 5.74) is 0.512.